The Balaban J connectivity index is 1.44. The Morgan fingerprint density at radius 1 is 1.38 bits per heavy atom. The number of benzene rings is 1. The van der Waals surface area contributed by atoms with E-state index in [9.17, 15) is 9.90 Å². The Hall–Kier alpha value is -1.89. The number of aliphatic hydroxyl groups is 1. The predicted molar refractivity (Wildman–Crippen MR) is 95.5 cm³/mol. The van der Waals surface area contributed by atoms with Gasteiger partial charge in [-0.1, -0.05) is 0 Å². The van der Waals surface area contributed by atoms with Crippen LogP contribution in [0.2, 0.25) is 0 Å². The molecule has 0 aliphatic carbocycles. The Labute approximate surface area is 145 Å². The zero-order chi connectivity index (χ0) is 16.9. The lowest BCUT2D eigenvalue weighted by Gasteiger charge is -2.28. The number of rotatable bonds is 6. The van der Waals surface area contributed by atoms with Gasteiger partial charge in [0.15, 0.2) is 0 Å². The Morgan fingerprint density at radius 3 is 2.92 bits per heavy atom. The summed E-state index contributed by atoms with van der Waals surface area (Å²) in [5, 5.41) is 15.1. The summed E-state index contributed by atoms with van der Waals surface area (Å²) in [6.07, 6.45) is 0.533. The van der Waals surface area contributed by atoms with E-state index in [1.807, 2.05) is 11.3 Å². The van der Waals surface area contributed by atoms with Crippen molar-refractivity contribution in [2.45, 2.75) is 26.0 Å². The van der Waals surface area contributed by atoms with Crippen LogP contribution in [0.15, 0.2) is 35.7 Å². The highest BCUT2D eigenvalue weighted by Crippen LogP contribution is 2.24. The van der Waals surface area contributed by atoms with Crippen LogP contribution in [-0.2, 0) is 17.8 Å². The van der Waals surface area contributed by atoms with Crippen LogP contribution in [0, 0.1) is 0 Å². The number of hydrogen-bond donors (Lipinski definition) is 2. The molecule has 128 valence electrons. The quantitative estimate of drug-likeness (QED) is 0.844. The van der Waals surface area contributed by atoms with E-state index >= 15 is 0 Å². The number of thiophene rings is 1. The first-order chi connectivity index (χ1) is 11.6. The third kappa shape index (κ3) is 4.56. The summed E-state index contributed by atoms with van der Waals surface area (Å²) >= 11 is 1.82. The second-order valence-corrected chi connectivity index (χ2v) is 7.03. The molecule has 5 nitrogen and oxygen atoms in total. The number of nitrogens with zero attached hydrogens (tertiary/aromatic N) is 1. The number of ether oxygens (including phenoxy) is 1. The van der Waals surface area contributed by atoms with Gasteiger partial charge in [-0.2, -0.15) is 0 Å². The molecule has 2 N–H and O–H groups in total. The molecule has 2 heterocycles. The monoisotopic (exact) mass is 346 g/mol. The van der Waals surface area contributed by atoms with Crippen molar-refractivity contribution < 1.29 is 14.6 Å². The van der Waals surface area contributed by atoms with Gasteiger partial charge in [0.05, 0.1) is 0 Å². The highest BCUT2D eigenvalue weighted by Gasteiger charge is 2.19. The van der Waals surface area contributed by atoms with Crippen molar-refractivity contribution >= 4 is 22.9 Å². The van der Waals surface area contributed by atoms with E-state index in [0.29, 0.717) is 12.3 Å². The SMILES string of the molecule is CC(=O)Nc1ccc(OC[C@H](O)CN2CCc3sccc3C2)cc1. The van der Waals surface area contributed by atoms with Crippen molar-refractivity contribution in [3.63, 3.8) is 0 Å². The molecule has 0 spiro atoms. The van der Waals surface area contributed by atoms with Gasteiger partial charge in [-0.05, 0) is 47.7 Å². The number of anilines is 1. The van der Waals surface area contributed by atoms with Crippen molar-refractivity contribution in [2.75, 3.05) is 25.0 Å². The molecule has 0 bridgehead atoms. The molecule has 1 aliphatic rings. The first kappa shape index (κ1) is 17.0. The van der Waals surface area contributed by atoms with Gasteiger partial charge >= 0.3 is 0 Å². The maximum absolute atomic E-state index is 11.0. The molecule has 0 unspecified atom stereocenters. The lowest BCUT2D eigenvalue weighted by molar-refractivity contribution is -0.114. The number of fused-ring (bicyclic) bond motifs is 1. The van der Waals surface area contributed by atoms with E-state index in [0.717, 1.165) is 25.2 Å². The number of hydrogen-bond acceptors (Lipinski definition) is 5. The topological polar surface area (TPSA) is 61.8 Å². The second kappa shape index (κ2) is 7.79. The van der Waals surface area contributed by atoms with Gasteiger partial charge in [-0.25, -0.2) is 0 Å². The molecule has 6 heteroatoms. The summed E-state index contributed by atoms with van der Waals surface area (Å²) in [6, 6.07) is 9.32. The Morgan fingerprint density at radius 2 is 2.17 bits per heavy atom. The van der Waals surface area contributed by atoms with Gasteiger partial charge in [0.25, 0.3) is 0 Å². The van der Waals surface area contributed by atoms with Crippen molar-refractivity contribution in [3.8, 4) is 5.75 Å². The van der Waals surface area contributed by atoms with Crippen molar-refractivity contribution in [2.24, 2.45) is 0 Å². The van der Waals surface area contributed by atoms with Gasteiger partial charge in [0, 0.05) is 37.1 Å². The van der Waals surface area contributed by atoms with Crippen LogP contribution >= 0.6 is 11.3 Å². The number of nitrogens with one attached hydrogen (secondary N) is 1. The van der Waals surface area contributed by atoms with Crippen LogP contribution in [0.4, 0.5) is 5.69 Å². The molecule has 1 aromatic heterocycles. The molecule has 0 fully saturated rings. The zero-order valence-corrected chi connectivity index (χ0v) is 14.5. The van der Waals surface area contributed by atoms with Gasteiger partial charge in [-0.3, -0.25) is 9.69 Å². The van der Waals surface area contributed by atoms with Crippen LogP contribution in [0.25, 0.3) is 0 Å². The summed E-state index contributed by atoms with van der Waals surface area (Å²) in [4.78, 5) is 14.7. The number of amides is 1. The maximum atomic E-state index is 11.0. The molecule has 24 heavy (non-hydrogen) atoms. The summed E-state index contributed by atoms with van der Waals surface area (Å²) in [5.41, 5.74) is 2.11. The summed E-state index contributed by atoms with van der Waals surface area (Å²) in [7, 11) is 0. The second-order valence-electron chi connectivity index (χ2n) is 6.02. The molecule has 3 rings (SSSR count). The summed E-state index contributed by atoms with van der Waals surface area (Å²) in [6.45, 7) is 4.23. The molecule has 0 saturated carbocycles. The molecule has 0 radical (unpaired) electrons. The summed E-state index contributed by atoms with van der Waals surface area (Å²) in [5.74, 6) is 0.580. The fourth-order valence-electron chi connectivity index (χ4n) is 2.84. The molecular formula is C18H22N2O3S. The maximum Gasteiger partial charge on any atom is 0.221 e. The average molecular weight is 346 g/mol. The van der Waals surface area contributed by atoms with Crippen molar-refractivity contribution in [1.29, 1.82) is 0 Å². The third-order valence-electron chi connectivity index (χ3n) is 3.97. The van der Waals surface area contributed by atoms with Gasteiger partial charge in [-0.15, -0.1) is 11.3 Å². The van der Waals surface area contributed by atoms with Crippen LogP contribution in [0.3, 0.4) is 0 Å². The lowest BCUT2D eigenvalue weighted by atomic mass is 10.1. The molecular weight excluding hydrogens is 324 g/mol. The minimum atomic E-state index is -0.528. The summed E-state index contributed by atoms with van der Waals surface area (Å²) < 4.78 is 5.64. The minimum Gasteiger partial charge on any atom is -0.491 e. The number of aliphatic hydroxyl groups excluding tert-OH is 1. The van der Waals surface area contributed by atoms with E-state index in [2.05, 4.69) is 21.7 Å². The van der Waals surface area contributed by atoms with E-state index in [1.165, 1.54) is 17.4 Å². The van der Waals surface area contributed by atoms with E-state index in [1.54, 1.807) is 24.3 Å². The minimum absolute atomic E-state index is 0.102. The number of carbonyl (C=O) groups is 1. The molecule has 1 amide bonds. The lowest BCUT2D eigenvalue weighted by Crippen LogP contribution is -2.38. The predicted octanol–water partition coefficient (Wildman–Crippen LogP) is 2.50. The average Bonchev–Trinajstić information content (AvgIpc) is 3.01. The Kier molecular flexibility index (Phi) is 5.50. The highest BCUT2D eigenvalue weighted by atomic mass is 32.1. The van der Waals surface area contributed by atoms with E-state index in [4.69, 9.17) is 4.74 Å². The Bertz CT molecular complexity index is 684. The number of β-amino-alcohol motifs (C(OH)–C–C–N with tert-alkyl or cyclic N) is 1. The van der Waals surface area contributed by atoms with E-state index < -0.39 is 6.10 Å². The van der Waals surface area contributed by atoms with Gasteiger partial charge in [0.2, 0.25) is 5.91 Å². The molecule has 1 aromatic carbocycles. The molecule has 0 saturated heterocycles. The van der Waals surface area contributed by atoms with Crippen LogP contribution < -0.4 is 10.1 Å². The van der Waals surface area contributed by atoms with Crippen LogP contribution in [0.5, 0.6) is 5.75 Å². The largest absolute Gasteiger partial charge is 0.491 e. The number of carbonyl (C=O) groups excluding carboxylic acids is 1. The molecule has 2 aromatic rings. The van der Waals surface area contributed by atoms with Crippen molar-refractivity contribution in [1.82, 2.24) is 4.90 Å². The van der Waals surface area contributed by atoms with Crippen LogP contribution in [0.1, 0.15) is 17.4 Å². The fraction of sp³-hybridized carbons (Fsp3) is 0.389. The zero-order valence-electron chi connectivity index (χ0n) is 13.7. The normalized spacial score (nSPS) is 15.6. The molecule has 1 atom stereocenters. The standard InChI is InChI=1S/C18H22N2O3S/c1-13(21)19-15-2-4-17(5-3-15)23-12-16(22)11-20-8-6-18-14(10-20)7-9-24-18/h2-5,7,9,16,22H,6,8,10-12H2,1H3,(H,19,21)/t16-/m1/s1. The smallest absolute Gasteiger partial charge is 0.221 e. The van der Waals surface area contributed by atoms with E-state index in [-0.39, 0.29) is 12.5 Å². The van der Waals surface area contributed by atoms with Crippen molar-refractivity contribution in [3.05, 3.63) is 46.2 Å². The van der Waals surface area contributed by atoms with Crippen LogP contribution in [-0.4, -0.2) is 41.7 Å². The van der Waals surface area contributed by atoms with Gasteiger partial charge in [0.1, 0.15) is 18.5 Å². The molecule has 1 aliphatic heterocycles. The van der Waals surface area contributed by atoms with Gasteiger partial charge < -0.3 is 15.2 Å². The first-order valence-corrected chi connectivity index (χ1v) is 8.94. The first-order valence-electron chi connectivity index (χ1n) is 8.06. The fourth-order valence-corrected chi connectivity index (χ4v) is 3.73. The highest BCUT2D eigenvalue weighted by molar-refractivity contribution is 7.10. The third-order valence-corrected chi connectivity index (χ3v) is 5.00.